The number of piperidine rings is 1. The number of hydrogen-bond donors (Lipinski definition) is 0. The molecule has 1 heterocycles. The molecule has 0 N–H and O–H groups in total. The third kappa shape index (κ3) is 3.80. The number of carbonyl (C=O) groups excluding carboxylic acids is 1. The van der Waals surface area contributed by atoms with Gasteiger partial charge in [0.1, 0.15) is 0 Å². The minimum Gasteiger partial charge on any atom is -0.342 e. The van der Waals surface area contributed by atoms with Crippen molar-refractivity contribution in [3.8, 4) is 0 Å². The van der Waals surface area contributed by atoms with E-state index < -0.39 is 0 Å². The van der Waals surface area contributed by atoms with Gasteiger partial charge in [-0.2, -0.15) is 0 Å². The maximum atomic E-state index is 12.4. The van der Waals surface area contributed by atoms with E-state index in [9.17, 15) is 4.79 Å². The van der Waals surface area contributed by atoms with E-state index in [0.717, 1.165) is 25.7 Å². The Kier molecular flexibility index (Phi) is 5.02. The lowest BCUT2D eigenvalue weighted by Gasteiger charge is -2.48. The first-order valence-electron chi connectivity index (χ1n) is 8.77. The second-order valence-electron chi connectivity index (χ2n) is 8.35. The molecule has 1 amide bonds. The van der Waals surface area contributed by atoms with Crippen LogP contribution in [-0.4, -0.2) is 48.4 Å². The Balaban J connectivity index is 1.86. The second-order valence-corrected chi connectivity index (χ2v) is 8.35. The van der Waals surface area contributed by atoms with Crippen molar-refractivity contribution in [1.29, 1.82) is 0 Å². The summed E-state index contributed by atoms with van der Waals surface area (Å²) in [5, 5.41) is 0. The van der Waals surface area contributed by atoms with Crippen LogP contribution in [0.1, 0.15) is 66.2 Å². The summed E-state index contributed by atoms with van der Waals surface area (Å²) in [4.78, 5) is 17.0. The van der Waals surface area contributed by atoms with Crippen LogP contribution in [-0.2, 0) is 4.79 Å². The summed E-state index contributed by atoms with van der Waals surface area (Å²) in [5.41, 5.74) is 0.311. The molecule has 2 rings (SSSR count). The highest BCUT2D eigenvalue weighted by molar-refractivity contribution is 5.81. The van der Waals surface area contributed by atoms with Crippen molar-refractivity contribution >= 4 is 5.91 Å². The van der Waals surface area contributed by atoms with Crippen LogP contribution >= 0.6 is 0 Å². The van der Waals surface area contributed by atoms with Gasteiger partial charge in [0.25, 0.3) is 0 Å². The van der Waals surface area contributed by atoms with Crippen molar-refractivity contribution in [3.63, 3.8) is 0 Å². The van der Waals surface area contributed by atoms with E-state index in [1.54, 1.807) is 0 Å². The molecular formula is C18H34N2O. The molecule has 0 aromatic rings. The molecule has 1 saturated heterocycles. The van der Waals surface area contributed by atoms with Crippen LogP contribution in [0.25, 0.3) is 0 Å². The van der Waals surface area contributed by atoms with Crippen LogP contribution in [0.3, 0.4) is 0 Å². The van der Waals surface area contributed by atoms with E-state index in [4.69, 9.17) is 0 Å². The van der Waals surface area contributed by atoms with E-state index >= 15 is 0 Å². The quantitative estimate of drug-likeness (QED) is 0.778. The lowest BCUT2D eigenvalue weighted by atomic mass is 9.66. The number of likely N-dealkylation sites (tertiary alicyclic amines) is 1. The van der Waals surface area contributed by atoms with E-state index in [-0.39, 0.29) is 5.41 Å². The predicted octanol–water partition coefficient (Wildman–Crippen LogP) is 3.54. The van der Waals surface area contributed by atoms with Gasteiger partial charge in [-0.3, -0.25) is 4.79 Å². The van der Waals surface area contributed by atoms with Gasteiger partial charge in [-0.15, -0.1) is 0 Å². The molecule has 122 valence electrons. The van der Waals surface area contributed by atoms with Crippen LogP contribution in [0.4, 0.5) is 0 Å². The Bertz CT molecular complexity index is 354. The Hall–Kier alpha value is -0.570. The fraction of sp³-hybridized carbons (Fsp3) is 0.944. The highest BCUT2D eigenvalue weighted by Gasteiger charge is 2.40. The first kappa shape index (κ1) is 16.8. The standard InChI is InChI=1S/C18H34N2O/c1-6-19(5)15-7-9-18(10-8-15)11-13-20(14-12-18)16(21)17(2,3)4/h15H,6-14H2,1-5H3. The Morgan fingerprint density at radius 2 is 1.67 bits per heavy atom. The summed E-state index contributed by atoms with van der Waals surface area (Å²) in [5.74, 6) is 0.330. The van der Waals surface area contributed by atoms with E-state index in [2.05, 4.69) is 23.8 Å². The average Bonchev–Trinajstić information content (AvgIpc) is 2.46. The number of nitrogens with zero attached hydrogens (tertiary/aromatic N) is 2. The molecule has 21 heavy (non-hydrogen) atoms. The number of amides is 1. The predicted molar refractivity (Wildman–Crippen MR) is 88.3 cm³/mol. The van der Waals surface area contributed by atoms with Crippen molar-refractivity contribution in [2.45, 2.75) is 72.3 Å². The SMILES string of the molecule is CCN(C)C1CCC2(CC1)CCN(C(=O)C(C)(C)C)CC2. The molecule has 1 saturated carbocycles. The van der Waals surface area contributed by atoms with Gasteiger partial charge in [-0.1, -0.05) is 27.7 Å². The molecule has 0 unspecified atom stereocenters. The highest BCUT2D eigenvalue weighted by Crippen LogP contribution is 2.45. The molecular weight excluding hydrogens is 260 g/mol. The van der Waals surface area contributed by atoms with Crippen LogP contribution < -0.4 is 0 Å². The van der Waals surface area contributed by atoms with Gasteiger partial charge in [0.15, 0.2) is 0 Å². The van der Waals surface area contributed by atoms with Crippen LogP contribution in [0, 0.1) is 10.8 Å². The number of hydrogen-bond acceptors (Lipinski definition) is 2. The summed E-state index contributed by atoms with van der Waals surface area (Å²) < 4.78 is 0. The van der Waals surface area contributed by atoms with Crippen molar-refractivity contribution in [1.82, 2.24) is 9.80 Å². The van der Waals surface area contributed by atoms with Crippen molar-refractivity contribution < 1.29 is 4.79 Å². The summed E-state index contributed by atoms with van der Waals surface area (Å²) in [7, 11) is 2.26. The molecule has 2 fully saturated rings. The van der Waals surface area contributed by atoms with Crippen molar-refractivity contribution in [2.24, 2.45) is 10.8 Å². The van der Waals surface area contributed by atoms with Gasteiger partial charge >= 0.3 is 0 Å². The lowest BCUT2D eigenvalue weighted by molar-refractivity contribution is -0.142. The van der Waals surface area contributed by atoms with Crippen molar-refractivity contribution in [2.75, 3.05) is 26.7 Å². The fourth-order valence-electron chi connectivity index (χ4n) is 4.07. The maximum absolute atomic E-state index is 12.4. The topological polar surface area (TPSA) is 23.6 Å². The number of carbonyl (C=O) groups is 1. The normalized spacial score (nSPS) is 23.8. The van der Waals surface area contributed by atoms with Crippen LogP contribution in [0.15, 0.2) is 0 Å². The van der Waals surface area contributed by atoms with Gasteiger partial charge in [0.05, 0.1) is 0 Å². The van der Waals surface area contributed by atoms with Crippen molar-refractivity contribution in [3.05, 3.63) is 0 Å². The fourth-order valence-corrected chi connectivity index (χ4v) is 4.07. The van der Waals surface area contributed by atoms with Gasteiger partial charge in [0.2, 0.25) is 5.91 Å². The number of rotatable bonds is 2. The summed E-state index contributed by atoms with van der Waals surface area (Å²) in [6.07, 6.45) is 7.85. The zero-order valence-corrected chi connectivity index (χ0v) is 14.7. The molecule has 0 bridgehead atoms. The molecule has 3 nitrogen and oxygen atoms in total. The van der Waals surface area contributed by atoms with Crippen LogP contribution in [0.5, 0.6) is 0 Å². The Morgan fingerprint density at radius 3 is 2.10 bits per heavy atom. The van der Waals surface area contributed by atoms with Gasteiger partial charge in [-0.25, -0.2) is 0 Å². The molecule has 1 aliphatic heterocycles. The molecule has 1 spiro atoms. The third-order valence-corrected chi connectivity index (χ3v) is 5.89. The minimum atomic E-state index is -0.230. The molecule has 0 atom stereocenters. The van der Waals surface area contributed by atoms with Crippen LogP contribution in [0.2, 0.25) is 0 Å². The van der Waals surface area contributed by atoms with Gasteiger partial charge < -0.3 is 9.80 Å². The maximum Gasteiger partial charge on any atom is 0.227 e. The molecule has 1 aliphatic carbocycles. The molecule has 0 radical (unpaired) electrons. The zero-order valence-electron chi connectivity index (χ0n) is 14.7. The molecule has 0 aromatic heterocycles. The summed E-state index contributed by atoms with van der Waals surface area (Å²) in [6, 6.07) is 0.787. The van der Waals surface area contributed by atoms with Gasteiger partial charge in [-0.05, 0) is 57.5 Å². The first-order valence-corrected chi connectivity index (χ1v) is 8.77. The van der Waals surface area contributed by atoms with Gasteiger partial charge in [0, 0.05) is 24.5 Å². The largest absolute Gasteiger partial charge is 0.342 e. The monoisotopic (exact) mass is 294 g/mol. The summed E-state index contributed by atoms with van der Waals surface area (Å²) in [6.45, 7) is 11.5. The average molecular weight is 294 g/mol. The zero-order chi connectivity index (χ0) is 15.7. The van der Waals surface area contributed by atoms with E-state index in [1.807, 2.05) is 20.8 Å². The third-order valence-electron chi connectivity index (χ3n) is 5.89. The minimum absolute atomic E-state index is 0.230. The molecule has 3 heteroatoms. The highest BCUT2D eigenvalue weighted by atomic mass is 16.2. The smallest absolute Gasteiger partial charge is 0.227 e. The van der Waals surface area contributed by atoms with E-state index in [0.29, 0.717) is 11.3 Å². The van der Waals surface area contributed by atoms with E-state index in [1.165, 1.54) is 38.5 Å². The second kappa shape index (κ2) is 6.28. The lowest BCUT2D eigenvalue weighted by Crippen LogP contribution is -2.49. The molecule has 2 aliphatic rings. The Morgan fingerprint density at radius 1 is 1.14 bits per heavy atom. The molecule has 0 aromatic carbocycles. The first-order chi connectivity index (χ1) is 9.77. The Labute approximate surface area is 131 Å². The summed E-state index contributed by atoms with van der Waals surface area (Å²) >= 11 is 0.